The Kier molecular flexibility index (Phi) is 3.47. The van der Waals surface area contributed by atoms with Gasteiger partial charge in [-0.3, -0.25) is 10.1 Å². The molecule has 0 aliphatic rings. The van der Waals surface area contributed by atoms with E-state index in [2.05, 4.69) is 16.7 Å². The molecule has 0 radical (unpaired) electrons. The molecule has 21 heavy (non-hydrogen) atoms. The summed E-state index contributed by atoms with van der Waals surface area (Å²) < 4.78 is 4.00. The van der Waals surface area contributed by atoms with Crippen molar-refractivity contribution in [2.24, 2.45) is 0 Å². The van der Waals surface area contributed by atoms with Gasteiger partial charge in [0.15, 0.2) is 0 Å². The molecular formula is C16H14N3O2+. The van der Waals surface area contributed by atoms with Crippen LogP contribution in [0.5, 0.6) is 0 Å². The molecule has 104 valence electrons. The first-order valence-corrected chi connectivity index (χ1v) is 6.58. The van der Waals surface area contributed by atoms with E-state index in [0.29, 0.717) is 0 Å². The Morgan fingerprint density at radius 1 is 1.05 bits per heavy atom. The maximum Gasteiger partial charge on any atom is 0.269 e. The summed E-state index contributed by atoms with van der Waals surface area (Å²) in [5.41, 5.74) is 2.22. The van der Waals surface area contributed by atoms with Gasteiger partial charge < -0.3 is 0 Å². The molecule has 0 fully saturated rings. The lowest BCUT2D eigenvalue weighted by Gasteiger charge is -1.97. The van der Waals surface area contributed by atoms with E-state index in [1.54, 1.807) is 12.1 Å². The van der Waals surface area contributed by atoms with E-state index >= 15 is 0 Å². The van der Waals surface area contributed by atoms with Gasteiger partial charge >= 0.3 is 0 Å². The van der Waals surface area contributed by atoms with Crippen LogP contribution in [-0.2, 0) is 6.54 Å². The fourth-order valence-electron chi connectivity index (χ4n) is 2.18. The number of hydrogen-bond acceptors (Lipinski definition) is 2. The molecule has 0 aliphatic carbocycles. The molecule has 3 rings (SSSR count). The Morgan fingerprint density at radius 3 is 2.43 bits per heavy atom. The Hall–Kier alpha value is -2.95. The van der Waals surface area contributed by atoms with E-state index < -0.39 is 4.92 Å². The summed E-state index contributed by atoms with van der Waals surface area (Å²) in [6, 6.07) is 16.7. The van der Waals surface area contributed by atoms with Crippen molar-refractivity contribution < 1.29 is 9.49 Å². The Labute approximate surface area is 121 Å². The number of nitro benzene ring substituents is 1. The number of aromatic nitrogens is 2. The molecule has 0 bridgehead atoms. The van der Waals surface area contributed by atoms with Crippen LogP contribution in [0.25, 0.3) is 5.69 Å². The second kappa shape index (κ2) is 5.58. The van der Waals surface area contributed by atoms with Gasteiger partial charge in [-0.15, -0.1) is 0 Å². The van der Waals surface area contributed by atoms with E-state index in [-0.39, 0.29) is 5.69 Å². The van der Waals surface area contributed by atoms with Crippen LogP contribution in [0.4, 0.5) is 5.69 Å². The van der Waals surface area contributed by atoms with Crippen LogP contribution in [0.3, 0.4) is 0 Å². The van der Waals surface area contributed by atoms with E-state index in [1.165, 1.54) is 17.7 Å². The van der Waals surface area contributed by atoms with Crippen LogP contribution in [-0.4, -0.2) is 9.49 Å². The fourth-order valence-corrected chi connectivity index (χ4v) is 2.18. The topological polar surface area (TPSA) is 52.0 Å². The van der Waals surface area contributed by atoms with E-state index in [0.717, 1.165) is 12.2 Å². The summed E-state index contributed by atoms with van der Waals surface area (Å²) in [7, 11) is 0. The number of nitrogens with zero attached hydrogens (tertiary/aromatic N) is 3. The van der Waals surface area contributed by atoms with Gasteiger partial charge in [0.1, 0.15) is 24.6 Å². The lowest BCUT2D eigenvalue weighted by molar-refractivity contribution is -0.687. The summed E-state index contributed by atoms with van der Waals surface area (Å²) >= 11 is 0. The van der Waals surface area contributed by atoms with Crippen LogP contribution in [0.15, 0.2) is 73.3 Å². The van der Waals surface area contributed by atoms with Crippen molar-refractivity contribution in [3.05, 3.63) is 89.0 Å². The molecule has 0 N–H and O–H groups in total. The summed E-state index contributed by atoms with van der Waals surface area (Å²) in [5, 5.41) is 10.7. The normalized spacial score (nSPS) is 10.5. The van der Waals surface area contributed by atoms with E-state index in [9.17, 15) is 10.1 Å². The van der Waals surface area contributed by atoms with Crippen molar-refractivity contribution in [3.63, 3.8) is 0 Å². The Bertz CT molecular complexity index is 749. The molecule has 5 nitrogen and oxygen atoms in total. The SMILES string of the molecule is O=[N+]([O-])c1ccc(-n2cc[n+](Cc3ccccc3)c2)cc1. The fraction of sp³-hybridized carbons (Fsp3) is 0.0625. The second-order valence-corrected chi connectivity index (χ2v) is 4.75. The standard InChI is InChI=1S/C16H14N3O2/c20-19(21)16-8-6-15(7-9-16)18-11-10-17(13-18)12-14-4-2-1-3-5-14/h1-11,13H,12H2/q+1. The van der Waals surface area contributed by atoms with Gasteiger partial charge in [0.2, 0.25) is 6.33 Å². The highest BCUT2D eigenvalue weighted by Gasteiger charge is 2.09. The van der Waals surface area contributed by atoms with Crippen molar-refractivity contribution in [3.8, 4) is 5.69 Å². The molecule has 0 unspecified atom stereocenters. The first kappa shape index (κ1) is 13.1. The molecule has 3 aromatic rings. The summed E-state index contributed by atoms with van der Waals surface area (Å²) in [5.74, 6) is 0. The predicted octanol–water partition coefficient (Wildman–Crippen LogP) is 2.72. The number of rotatable bonds is 4. The molecule has 2 aromatic carbocycles. The first-order valence-electron chi connectivity index (χ1n) is 6.58. The average Bonchev–Trinajstić information content (AvgIpc) is 2.97. The molecule has 1 aromatic heterocycles. The third kappa shape index (κ3) is 2.97. The number of benzene rings is 2. The predicted molar refractivity (Wildman–Crippen MR) is 78.2 cm³/mol. The van der Waals surface area contributed by atoms with Crippen LogP contribution < -0.4 is 4.57 Å². The molecule has 0 saturated heterocycles. The minimum Gasteiger partial charge on any atom is -0.258 e. The van der Waals surface area contributed by atoms with Crippen molar-refractivity contribution in [2.45, 2.75) is 6.54 Å². The molecule has 0 aliphatic heterocycles. The van der Waals surface area contributed by atoms with Crippen LogP contribution in [0.1, 0.15) is 5.56 Å². The average molecular weight is 280 g/mol. The van der Waals surface area contributed by atoms with Gasteiger partial charge in [0, 0.05) is 12.1 Å². The largest absolute Gasteiger partial charge is 0.269 e. The minimum absolute atomic E-state index is 0.100. The van der Waals surface area contributed by atoms with Crippen molar-refractivity contribution >= 4 is 5.69 Å². The minimum atomic E-state index is -0.394. The number of nitro groups is 1. The number of non-ortho nitro benzene ring substituents is 1. The van der Waals surface area contributed by atoms with Gasteiger partial charge in [0.05, 0.1) is 4.92 Å². The third-order valence-electron chi connectivity index (χ3n) is 3.26. The lowest BCUT2D eigenvalue weighted by atomic mass is 10.2. The molecule has 0 spiro atoms. The zero-order chi connectivity index (χ0) is 14.7. The number of hydrogen-bond donors (Lipinski definition) is 0. The van der Waals surface area contributed by atoms with E-state index in [4.69, 9.17) is 0 Å². The van der Waals surface area contributed by atoms with Crippen molar-refractivity contribution in [1.29, 1.82) is 0 Å². The molecule has 0 amide bonds. The molecule has 0 saturated carbocycles. The monoisotopic (exact) mass is 280 g/mol. The summed E-state index contributed by atoms with van der Waals surface area (Å²) in [6.07, 6.45) is 5.88. The maximum absolute atomic E-state index is 10.7. The van der Waals surface area contributed by atoms with Crippen molar-refractivity contribution in [2.75, 3.05) is 0 Å². The molecule has 5 heteroatoms. The smallest absolute Gasteiger partial charge is 0.258 e. The highest BCUT2D eigenvalue weighted by atomic mass is 16.6. The van der Waals surface area contributed by atoms with Gasteiger partial charge in [-0.1, -0.05) is 30.3 Å². The van der Waals surface area contributed by atoms with Gasteiger partial charge in [-0.2, -0.15) is 0 Å². The molecular weight excluding hydrogens is 266 g/mol. The Morgan fingerprint density at radius 2 is 1.76 bits per heavy atom. The summed E-state index contributed by atoms with van der Waals surface area (Å²) in [4.78, 5) is 10.3. The molecule has 1 heterocycles. The van der Waals surface area contributed by atoms with Gasteiger partial charge in [-0.05, 0) is 17.7 Å². The molecule has 0 atom stereocenters. The Balaban J connectivity index is 1.80. The zero-order valence-corrected chi connectivity index (χ0v) is 11.3. The quantitative estimate of drug-likeness (QED) is 0.419. The lowest BCUT2D eigenvalue weighted by Crippen LogP contribution is -2.31. The number of imidazole rings is 1. The highest BCUT2D eigenvalue weighted by molar-refractivity contribution is 5.40. The van der Waals surface area contributed by atoms with Gasteiger partial charge in [0.25, 0.3) is 5.69 Å². The van der Waals surface area contributed by atoms with E-state index in [1.807, 2.05) is 41.5 Å². The second-order valence-electron chi connectivity index (χ2n) is 4.75. The van der Waals surface area contributed by atoms with Gasteiger partial charge in [-0.25, -0.2) is 9.13 Å². The van der Waals surface area contributed by atoms with Crippen LogP contribution in [0, 0.1) is 10.1 Å². The maximum atomic E-state index is 10.7. The van der Waals surface area contributed by atoms with Crippen LogP contribution in [0.2, 0.25) is 0 Å². The highest BCUT2D eigenvalue weighted by Crippen LogP contribution is 2.14. The first-order chi connectivity index (χ1) is 10.2. The zero-order valence-electron chi connectivity index (χ0n) is 11.3. The van der Waals surface area contributed by atoms with Crippen molar-refractivity contribution in [1.82, 2.24) is 4.57 Å². The summed E-state index contributed by atoms with van der Waals surface area (Å²) in [6.45, 7) is 0.792. The van der Waals surface area contributed by atoms with Crippen LogP contribution >= 0.6 is 0 Å². The third-order valence-corrected chi connectivity index (χ3v) is 3.26.